The predicted molar refractivity (Wildman–Crippen MR) is 92.4 cm³/mol. The second-order valence-corrected chi connectivity index (χ2v) is 6.27. The molecule has 4 amide bonds. The highest BCUT2D eigenvalue weighted by atomic mass is 79.9. The van der Waals surface area contributed by atoms with Crippen LogP contribution >= 0.6 is 15.9 Å². The maximum atomic E-state index is 13.1. The molecule has 2 aromatic rings. The summed E-state index contributed by atoms with van der Waals surface area (Å²) in [5, 5.41) is 5.16. The number of anilines is 1. The smallest absolute Gasteiger partial charge is 0.324 e. The third kappa shape index (κ3) is 3.85. The van der Waals surface area contributed by atoms with Crippen molar-refractivity contribution in [2.45, 2.75) is 6.54 Å². The van der Waals surface area contributed by atoms with Gasteiger partial charge in [0.05, 0.1) is 18.7 Å². The maximum absolute atomic E-state index is 13.1. The fraction of sp³-hybridized carbons (Fsp3) is 0.118. The van der Waals surface area contributed by atoms with Gasteiger partial charge < -0.3 is 10.6 Å². The van der Waals surface area contributed by atoms with Gasteiger partial charge in [-0.3, -0.25) is 14.5 Å². The zero-order chi connectivity index (χ0) is 18.0. The quantitative estimate of drug-likeness (QED) is 0.767. The predicted octanol–water partition coefficient (Wildman–Crippen LogP) is 2.89. The summed E-state index contributed by atoms with van der Waals surface area (Å²) < 4.78 is 13.5. The standard InChI is InChI=1S/C17H13BrFN3O3/c18-14-7-11(19)4-5-13(14)16(24)21-12-3-1-2-10(6-12)9-22-15(23)8-20-17(22)25/h1-7H,8-9H2,(H,20,25)(H,21,24). The van der Waals surface area contributed by atoms with Gasteiger partial charge in [-0.05, 0) is 51.8 Å². The van der Waals surface area contributed by atoms with Gasteiger partial charge in [0, 0.05) is 10.2 Å². The van der Waals surface area contributed by atoms with E-state index in [1.807, 2.05) is 0 Å². The van der Waals surface area contributed by atoms with Crippen LogP contribution in [0.1, 0.15) is 15.9 Å². The van der Waals surface area contributed by atoms with Gasteiger partial charge in [-0.2, -0.15) is 0 Å². The number of benzene rings is 2. The van der Waals surface area contributed by atoms with Crippen molar-refractivity contribution in [3.05, 3.63) is 63.9 Å². The summed E-state index contributed by atoms with van der Waals surface area (Å²) in [5.41, 5.74) is 1.49. The Bertz CT molecular complexity index is 856. The highest BCUT2D eigenvalue weighted by molar-refractivity contribution is 9.10. The number of hydrogen-bond acceptors (Lipinski definition) is 3. The number of urea groups is 1. The zero-order valence-corrected chi connectivity index (χ0v) is 14.5. The van der Waals surface area contributed by atoms with Crippen molar-refractivity contribution in [2.24, 2.45) is 0 Å². The minimum absolute atomic E-state index is 0.00610. The molecular formula is C17H13BrFN3O3. The van der Waals surface area contributed by atoms with Crippen LogP contribution in [0.2, 0.25) is 0 Å². The first-order valence-electron chi connectivity index (χ1n) is 7.37. The van der Waals surface area contributed by atoms with Crippen molar-refractivity contribution < 1.29 is 18.8 Å². The van der Waals surface area contributed by atoms with Crippen LogP contribution in [0.4, 0.5) is 14.9 Å². The summed E-state index contributed by atoms with van der Waals surface area (Å²) in [4.78, 5) is 36.7. The van der Waals surface area contributed by atoms with E-state index < -0.39 is 17.8 Å². The molecule has 128 valence electrons. The Hall–Kier alpha value is -2.74. The SMILES string of the molecule is O=C(Nc1cccc(CN2C(=O)CNC2=O)c1)c1ccc(F)cc1Br. The van der Waals surface area contributed by atoms with Crippen molar-refractivity contribution in [2.75, 3.05) is 11.9 Å². The van der Waals surface area contributed by atoms with Crippen LogP contribution in [0.3, 0.4) is 0 Å². The van der Waals surface area contributed by atoms with E-state index in [-0.39, 0.29) is 19.0 Å². The second kappa shape index (κ2) is 7.02. The molecule has 1 fully saturated rings. The largest absolute Gasteiger partial charge is 0.329 e. The number of nitrogens with one attached hydrogen (secondary N) is 2. The maximum Gasteiger partial charge on any atom is 0.324 e. The van der Waals surface area contributed by atoms with Gasteiger partial charge >= 0.3 is 6.03 Å². The lowest BCUT2D eigenvalue weighted by molar-refractivity contribution is -0.125. The Morgan fingerprint density at radius 2 is 2.04 bits per heavy atom. The summed E-state index contributed by atoms with van der Waals surface area (Å²) in [6.07, 6.45) is 0. The van der Waals surface area contributed by atoms with Crippen molar-refractivity contribution in [1.29, 1.82) is 0 Å². The molecule has 0 aromatic heterocycles. The summed E-state index contributed by atoms with van der Waals surface area (Å²) in [6, 6.07) is 10.2. The number of carbonyl (C=O) groups is 3. The summed E-state index contributed by atoms with van der Waals surface area (Å²) in [6.45, 7) is 0.114. The van der Waals surface area contributed by atoms with Gasteiger partial charge in [0.25, 0.3) is 5.91 Å². The Labute approximate surface area is 151 Å². The molecular weight excluding hydrogens is 393 g/mol. The molecule has 0 atom stereocenters. The van der Waals surface area contributed by atoms with Crippen LogP contribution in [-0.4, -0.2) is 29.3 Å². The molecule has 0 radical (unpaired) electrons. The van der Waals surface area contributed by atoms with Gasteiger partial charge in [0.2, 0.25) is 5.91 Å². The topological polar surface area (TPSA) is 78.5 Å². The van der Waals surface area contributed by atoms with E-state index in [0.29, 0.717) is 21.3 Å². The van der Waals surface area contributed by atoms with E-state index in [9.17, 15) is 18.8 Å². The molecule has 0 saturated carbocycles. The molecule has 1 aliphatic heterocycles. The average molecular weight is 406 g/mol. The van der Waals surface area contributed by atoms with Gasteiger partial charge in [-0.25, -0.2) is 9.18 Å². The fourth-order valence-electron chi connectivity index (χ4n) is 2.42. The fourth-order valence-corrected chi connectivity index (χ4v) is 2.95. The molecule has 0 spiro atoms. The molecule has 3 rings (SSSR count). The third-order valence-electron chi connectivity index (χ3n) is 3.64. The Kier molecular flexibility index (Phi) is 4.80. The first-order valence-corrected chi connectivity index (χ1v) is 8.17. The summed E-state index contributed by atoms with van der Waals surface area (Å²) in [7, 11) is 0. The van der Waals surface area contributed by atoms with Gasteiger partial charge in [0.1, 0.15) is 5.82 Å². The van der Waals surface area contributed by atoms with Crippen molar-refractivity contribution in [3.63, 3.8) is 0 Å². The normalized spacial score (nSPS) is 13.8. The molecule has 1 aliphatic rings. The number of amides is 4. The lowest BCUT2D eigenvalue weighted by atomic mass is 10.1. The Morgan fingerprint density at radius 3 is 2.72 bits per heavy atom. The number of nitrogens with zero attached hydrogens (tertiary/aromatic N) is 1. The first-order chi connectivity index (χ1) is 11.9. The van der Waals surface area contributed by atoms with E-state index in [0.717, 1.165) is 4.90 Å². The van der Waals surface area contributed by atoms with Crippen LogP contribution in [0, 0.1) is 5.82 Å². The molecule has 0 bridgehead atoms. The van der Waals surface area contributed by atoms with Crippen molar-refractivity contribution in [1.82, 2.24) is 10.2 Å². The molecule has 6 nitrogen and oxygen atoms in total. The van der Waals surface area contributed by atoms with Gasteiger partial charge in [-0.1, -0.05) is 12.1 Å². The van der Waals surface area contributed by atoms with Crippen LogP contribution in [0.25, 0.3) is 0 Å². The molecule has 25 heavy (non-hydrogen) atoms. The molecule has 1 heterocycles. The minimum Gasteiger partial charge on any atom is -0.329 e. The van der Waals surface area contributed by atoms with Crippen LogP contribution in [0.15, 0.2) is 46.9 Å². The number of halogens is 2. The molecule has 1 saturated heterocycles. The third-order valence-corrected chi connectivity index (χ3v) is 4.29. The van der Waals surface area contributed by atoms with Gasteiger partial charge in [0.15, 0.2) is 0 Å². The molecule has 0 aliphatic carbocycles. The highest BCUT2D eigenvalue weighted by Crippen LogP contribution is 2.20. The molecule has 8 heteroatoms. The lowest BCUT2D eigenvalue weighted by Gasteiger charge is -2.13. The van der Waals surface area contributed by atoms with E-state index >= 15 is 0 Å². The van der Waals surface area contributed by atoms with Gasteiger partial charge in [-0.15, -0.1) is 0 Å². The number of imide groups is 1. The Balaban J connectivity index is 1.74. The van der Waals surface area contributed by atoms with Crippen LogP contribution in [-0.2, 0) is 11.3 Å². The van der Waals surface area contributed by atoms with Crippen molar-refractivity contribution in [3.8, 4) is 0 Å². The lowest BCUT2D eigenvalue weighted by Crippen LogP contribution is -2.30. The monoisotopic (exact) mass is 405 g/mol. The van der Waals surface area contributed by atoms with E-state index in [2.05, 4.69) is 26.6 Å². The summed E-state index contributed by atoms with van der Waals surface area (Å²) >= 11 is 3.16. The van der Waals surface area contributed by atoms with Crippen molar-refractivity contribution >= 4 is 39.5 Å². The summed E-state index contributed by atoms with van der Waals surface area (Å²) in [5.74, 6) is -1.15. The van der Waals surface area contributed by atoms with E-state index in [1.165, 1.54) is 18.2 Å². The zero-order valence-electron chi connectivity index (χ0n) is 12.9. The molecule has 2 N–H and O–H groups in total. The van der Waals surface area contributed by atoms with Crippen LogP contribution in [0.5, 0.6) is 0 Å². The highest BCUT2D eigenvalue weighted by Gasteiger charge is 2.28. The van der Waals surface area contributed by atoms with E-state index in [4.69, 9.17) is 0 Å². The van der Waals surface area contributed by atoms with E-state index in [1.54, 1.807) is 24.3 Å². The molecule has 2 aromatic carbocycles. The number of carbonyl (C=O) groups excluding carboxylic acids is 3. The Morgan fingerprint density at radius 1 is 1.24 bits per heavy atom. The number of hydrogen-bond donors (Lipinski definition) is 2. The minimum atomic E-state index is -0.445. The first kappa shape index (κ1) is 17.1. The average Bonchev–Trinajstić information content (AvgIpc) is 2.87. The molecule has 0 unspecified atom stereocenters. The number of rotatable bonds is 4. The van der Waals surface area contributed by atoms with Crippen LogP contribution < -0.4 is 10.6 Å². The second-order valence-electron chi connectivity index (χ2n) is 5.42.